The molecule has 2 N–H and O–H groups in total. The number of para-hydroxylation sites is 1. The molecule has 0 radical (unpaired) electrons. The molecule has 0 aliphatic carbocycles. The van der Waals surface area contributed by atoms with Crippen LogP contribution in [-0.4, -0.2) is 25.5 Å². The van der Waals surface area contributed by atoms with Crippen molar-refractivity contribution in [3.8, 4) is 11.3 Å². The van der Waals surface area contributed by atoms with Crippen molar-refractivity contribution >= 4 is 18.2 Å². The maximum Gasteiger partial charge on any atom is 0.673 e. The molecule has 25 heavy (non-hydrogen) atoms. The first-order valence-electron chi connectivity index (χ1n) is 7.52. The predicted molar refractivity (Wildman–Crippen MR) is 87.9 cm³/mol. The summed E-state index contributed by atoms with van der Waals surface area (Å²) in [5.74, 6) is 0.810. The van der Waals surface area contributed by atoms with E-state index in [-0.39, 0.29) is 6.61 Å². The highest BCUT2D eigenvalue weighted by molar-refractivity contribution is 6.50. The second-order valence-electron chi connectivity index (χ2n) is 5.03. The van der Waals surface area contributed by atoms with Gasteiger partial charge in [0.15, 0.2) is 6.54 Å². The molecule has 3 nitrogen and oxygen atoms in total. The Morgan fingerprint density at radius 3 is 2.16 bits per heavy atom. The summed E-state index contributed by atoms with van der Waals surface area (Å²) in [5.41, 5.74) is 1.86. The van der Waals surface area contributed by atoms with E-state index in [1.807, 2.05) is 60.7 Å². The molecule has 1 aromatic heterocycles. The van der Waals surface area contributed by atoms with Crippen LogP contribution in [0, 0.1) is 0 Å². The summed E-state index contributed by atoms with van der Waals surface area (Å²) in [6.07, 6.45) is 0. The smallest absolute Gasteiger partial charge is 0.456 e. The van der Waals surface area contributed by atoms with Gasteiger partial charge in [-0.05, 0) is 12.1 Å². The zero-order valence-corrected chi connectivity index (χ0v) is 13.1. The molecule has 0 saturated heterocycles. The first-order chi connectivity index (χ1) is 11.9. The Morgan fingerprint density at radius 1 is 0.920 bits per heavy atom. The molecular formula is C17H16BF4NO2. The fourth-order valence-electron chi connectivity index (χ4n) is 2.22. The molecule has 0 bridgehead atoms. The van der Waals surface area contributed by atoms with Crippen molar-refractivity contribution in [2.45, 2.75) is 0 Å². The Bertz CT molecular complexity index is 873. The number of aliphatic hydroxyl groups excluding tert-OH is 1. The van der Waals surface area contributed by atoms with Gasteiger partial charge in [-0.2, -0.15) is 0 Å². The molecule has 0 amide bonds. The zero-order valence-electron chi connectivity index (χ0n) is 13.1. The lowest BCUT2D eigenvalue weighted by Gasteiger charge is -2.02. The van der Waals surface area contributed by atoms with Crippen LogP contribution in [0.25, 0.3) is 22.3 Å². The Kier molecular flexibility index (Phi) is 6.35. The normalized spacial score (nSPS) is 12.0. The van der Waals surface area contributed by atoms with E-state index in [4.69, 9.17) is 9.52 Å². The van der Waals surface area contributed by atoms with Gasteiger partial charge in [0, 0.05) is 5.56 Å². The van der Waals surface area contributed by atoms with Gasteiger partial charge >= 0.3 is 7.25 Å². The van der Waals surface area contributed by atoms with Crippen molar-refractivity contribution in [1.82, 2.24) is 0 Å². The second kappa shape index (κ2) is 8.48. The standard InChI is InChI=1S/C17H15NO2.BF4/c19-11-10-18-15-12-17(13-6-2-1-3-7-13)20-16-9-5-4-8-14(15)16;2-1(3,4)5/h1-9,12,19H,10-11H2;/q;-1/p+1. The number of aliphatic hydroxyl groups is 1. The molecule has 1 heterocycles. The number of hydrogen-bond acceptors (Lipinski definition) is 2. The van der Waals surface area contributed by atoms with Crippen molar-refractivity contribution in [2.24, 2.45) is 0 Å². The summed E-state index contributed by atoms with van der Waals surface area (Å²) in [5, 5.41) is 11.0. The zero-order chi connectivity index (χ0) is 18.3. The fraction of sp³-hybridized carbons (Fsp3) is 0.118. The van der Waals surface area contributed by atoms with Gasteiger partial charge in [-0.25, -0.2) is 4.99 Å². The van der Waals surface area contributed by atoms with E-state index in [1.165, 1.54) is 0 Å². The summed E-state index contributed by atoms with van der Waals surface area (Å²) in [4.78, 5) is 3.24. The topological polar surface area (TPSA) is 47.3 Å². The van der Waals surface area contributed by atoms with Crippen LogP contribution in [0.4, 0.5) is 17.3 Å². The molecule has 2 aromatic carbocycles. The van der Waals surface area contributed by atoms with E-state index in [9.17, 15) is 17.3 Å². The number of halogens is 4. The minimum absolute atomic E-state index is 0.0982. The van der Waals surface area contributed by atoms with Gasteiger partial charge in [0.1, 0.15) is 18.0 Å². The Hall–Kier alpha value is -2.61. The van der Waals surface area contributed by atoms with E-state index in [0.29, 0.717) is 6.54 Å². The average molecular weight is 353 g/mol. The quantitative estimate of drug-likeness (QED) is 0.561. The Labute approximate surface area is 141 Å². The largest absolute Gasteiger partial charge is 0.673 e. The summed E-state index contributed by atoms with van der Waals surface area (Å²) in [6, 6.07) is 19.9. The molecule has 0 fully saturated rings. The molecule has 8 heteroatoms. The van der Waals surface area contributed by atoms with Gasteiger partial charge in [0.2, 0.25) is 5.36 Å². The molecule has 0 atom stereocenters. The van der Waals surface area contributed by atoms with Crippen LogP contribution in [0.3, 0.4) is 0 Å². The lowest BCUT2D eigenvalue weighted by Crippen LogP contribution is -2.77. The molecule has 0 aliphatic rings. The molecular weight excluding hydrogens is 337 g/mol. The van der Waals surface area contributed by atoms with E-state index in [2.05, 4.69) is 4.99 Å². The number of fused-ring (bicyclic) bond motifs is 1. The first kappa shape index (κ1) is 18.7. The predicted octanol–water partition coefficient (Wildman–Crippen LogP) is 2.37. The third-order valence-electron chi connectivity index (χ3n) is 3.16. The van der Waals surface area contributed by atoms with Gasteiger partial charge in [-0.3, -0.25) is 0 Å². The van der Waals surface area contributed by atoms with Gasteiger partial charge in [0.05, 0.1) is 11.5 Å². The maximum absolute atomic E-state index is 9.75. The lowest BCUT2D eigenvalue weighted by molar-refractivity contribution is -0.501. The van der Waals surface area contributed by atoms with Gasteiger partial charge < -0.3 is 26.8 Å². The van der Waals surface area contributed by atoms with Crippen molar-refractivity contribution in [1.29, 1.82) is 0 Å². The van der Waals surface area contributed by atoms with E-state index < -0.39 is 7.25 Å². The first-order valence-corrected chi connectivity index (χ1v) is 7.52. The summed E-state index contributed by atoms with van der Waals surface area (Å²) in [6.45, 7) is 0.614. The highest BCUT2D eigenvalue weighted by Crippen LogP contribution is 2.21. The minimum Gasteiger partial charge on any atom is -0.456 e. The summed E-state index contributed by atoms with van der Waals surface area (Å²) in [7, 11) is -6.00. The second-order valence-corrected chi connectivity index (χ2v) is 5.03. The highest BCUT2D eigenvalue weighted by Gasteiger charge is 2.20. The fourth-order valence-corrected chi connectivity index (χ4v) is 2.22. The maximum atomic E-state index is 9.75. The number of nitrogens with one attached hydrogen (secondary N) is 1. The highest BCUT2D eigenvalue weighted by atomic mass is 19.5. The Morgan fingerprint density at radius 2 is 1.52 bits per heavy atom. The molecule has 132 valence electrons. The summed E-state index contributed by atoms with van der Waals surface area (Å²) >= 11 is 0. The van der Waals surface area contributed by atoms with E-state index >= 15 is 0 Å². The summed E-state index contributed by atoms with van der Waals surface area (Å²) < 4.78 is 45.0. The molecule has 0 saturated carbocycles. The van der Waals surface area contributed by atoms with E-state index in [0.717, 1.165) is 27.7 Å². The third kappa shape index (κ3) is 6.08. The van der Waals surface area contributed by atoms with Crippen LogP contribution < -0.4 is 10.3 Å². The average Bonchev–Trinajstić information content (AvgIpc) is 2.59. The number of hydrogen-bond donors (Lipinski definition) is 2. The molecule has 3 aromatic rings. The minimum atomic E-state index is -6.00. The van der Waals surface area contributed by atoms with Gasteiger partial charge in [-0.1, -0.05) is 42.5 Å². The third-order valence-corrected chi connectivity index (χ3v) is 3.16. The van der Waals surface area contributed by atoms with Crippen molar-refractivity contribution in [3.05, 3.63) is 66.0 Å². The van der Waals surface area contributed by atoms with Crippen molar-refractivity contribution in [3.63, 3.8) is 0 Å². The number of rotatable bonds is 3. The molecule has 0 spiro atoms. The van der Waals surface area contributed by atoms with Crippen LogP contribution in [0.1, 0.15) is 0 Å². The van der Waals surface area contributed by atoms with Gasteiger partial charge in [0.25, 0.3) is 0 Å². The van der Waals surface area contributed by atoms with Crippen LogP contribution in [0.2, 0.25) is 0 Å². The van der Waals surface area contributed by atoms with Crippen LogP contribution >= 0.6 is 0 Å². The van der Waals surface area contributed by atoms with Crippen LogP contribution in [-0.2, 0) is 0 Å². The molecule has 3 rings (SSSR count). The van der Waals surface area contributed by atoms with Crippen molar-refractivity contribution in [2.75, 3.05) is 13.2 Å². The van der Waals surface area contributed by atoms with E-state index in [1.54, 1.807) is 0 Å². The number of benzene rings is 2. The molecule has 0 unspecified atom stereocenters. The Balaban J connectivity index is 0.000000399. The molecule has 0 aliphatic heterocycles. The van der Waals surface area contributed by atoms with Gasteiger partial charge in [-0.15, -0.1) is 0 Å². The van der Waals surface area contributed by atoms with Crippen LogP contribution in [0.5, 0.6) is 0 Å². The van der Waals surface area contributed by atoms with Crippen molar-refractivity contribution < 1.29 is 31.8 Å². The van der Waals surface area contributed by atoms with Crippen LogP contribution in [0.15, 0.2) is 65.1 Å². The monoisotopic (exact) mass is 353 g/mol. The lowest BCUT2D eigenvalue weighted by atomic mass is 10.1. The SMILES string of the molecule is F[B-](F)(F)F.OCC[NH+]=c1cc(-c2ccccc2)oc2ccccc12.